The van der Waals surface area contributed by atoms with Gasteiger partial charge in [0.25, 0.3) is 0 Å². The molecule has 0 saturated carbocycles. The molecule has 0 bridgehead atoms. The summed E-state index contributed by atoms with van der Waals surface area (Å²) in [6, 6.07) is 28.7. The highest BCUT2D eigenvalue weighted by atomic mass is 35.5. The maximum Gasteiger partial charge on any atom is 0.183 e. The molecule has 5 rings (SSSR count). The number of halogens is 1. The smallest absolute Gasteiger partial charge is 0.183 e. The molecule has 0 aromatic heterocycles. The van der Waals surface area contributed by atoms with Crippen molar-refractivity contribution in [2.75, 3.05) is 10.7 Å². The monoisotopic (exact) mass is 525 g/mol. The number of rotatable bonds is 5. The summed E-state index contributed by atoms with van der Waals surface area (Å²) in [6.45, 7) is 6.22. The molecule has 0 unspecified atom stereocenters. The van der Waals surface area contributed by atoms with Gasteiger partial charge < -0.3 is 4.90 Å². The maximum absolute atomic E-state index is 13.7. The molecule has 0 aliphatic carbocycles. The number of sulfone groups is 1. The van der Waals surface area contributed by atoms with E-state index in [4.69, 9.17) is 11.6 Å². The maximum atomic E-state index is 13.7. The van der Waals surface area contributed by atoms with Crippen molar-refractivity contribution in [3.8, 4) is 0 Å². The van der Waals surface area contributed by atoms with Crippen molar-refractivity contribution in [1.29, 1.82) is 0 Å². The van der Waals surface area contributed by atoms with Crippen LogP contribution >= 0.6 is 11.6 Å². The lowest BCUT2D eigenvalue weighted by Gasteiger charge is -2.31. The number of hydrogen-bond acceptors (Lipinski definition) is 3. The molecule has 1 aliphatic rings. The van der Waals surface area contributed by atoms with Crippen LogP contribution in [0.25, 0.3) is 11.6 Å². The van der Waals surface area contributed by atoms with Crippen LogP contribution in [0.3, 0.4) is 0 Å². The Bertz CT molecular complexity index is 1620. The Morgan fingerprint density at radius 3 is 2.03 bits per heavy atom. The lowest BCUT2D eigenvalue weighted by atomic mass is 10.0. The number of hydrogen-bond donors (Lipinski definition) is 0. The minimum absolute atomic E-state index is 0.157. The van der Waals surface area contributed by atoms with Crippen molar-refractivity contribution in [3.05, 3.63) is 136 Å². The van der Waals surface area contributed by atoms with Gasteiger partial charge in [0, 0.05) is 16.3 Å². The molecule has 0 saturated heterocycles. The molecule has 1 heterocycles. The summed E-state index contributed by atoms with van der Waals surface area (Å²) in [5, 5.41) is 0.625. The van der Waals surface area contributed by atoms with Crippen molar-refractivity contribution in [2.45, 2.75) is 25.7 Å². The molecule has 5 heteroatoms. The molecule has 4 aromatic rings. The molecule has 1 aliphatic heterocycles. The quantitative estimate of drug-likeness (QED) is 0.263. The average Bonchev–Trinajstić information content (AvgIpc) is 3.01. The van der Waals surface area contributed by atoms with Crippen molar-refractivity contribution in [2.24, 2.45) is 0 Å². The fraction of sp³-hybridized carbons (Fsp3) is 0.125. The van der Waals surface area contributed by atoms with E-state index in [0.29, 0.717) is 15.6 Å². The van der Waals surface area contributed by atoms with E-state index < -0.39 is 9.84 Å². The Hall–Kier alpha value is -3.60. The Labute approximate surface area is 224 Å². The van der Waals surface area contributed by atoms with Gasteiger partial charge in [-0.05, 0) is 85.5 Å². The van der Waals surface area contributed by atoms with E-state index in [2.05, 4.69) is 43.9 Å². The Kier molecular flexibility index (Phi) is 6.80. The number of benzene rings is 4. The van der Waals surface area contributed by atoms with Gasteiger partial charge >= 0.3 is 0 Å². The molecule has 0 spiro atoms. The number of allylic oxidation sites excluding steroid dienone is 2. The zero-order valence-electron chi connectivity index (χ0n) is 21.1. The third-order valence-corrected chi connectivity index (χ3v) is 8.46. The minimum Gasteiger partial charge on any atom is -0.312 e. The molecule has 37 heavy (non-hydrogen) atoms. The third kappa shape index (κ3) is 5.13. The Morgan fingerprint density at radius 2 is 1.38 bits per heavy atom. The third-order valence-electron chi connectivity index (χ3n) is 6.56. The summed E-state index contributed by atoms with van der Waals surface area (Å²) in [4.78, 5) is 2.40. The van der Waals surface area contributed by atoms with Crippen LogP contribution in [0.1, 0.15) is 27.8 Å². The lowest BCUT2D eigenvalue weighted by molar-refractivity contribution is 0.598. The van der Waals surface area contributed by atoms with E-state index in [1.54, 1.807) is 24.3 Å². The standard InChI is InChI=1S/C32H28ClNO2S/c1-22-16-23(2)32(24(3)17-22)34-29(21-37(35,36)30-12-8-5-9-13-30)20-26(25-10-6-4-7-11-25)18-27-19-28(33)14-15-31(27)34/h4-20H,21H2,1-3H3. The van der Waals surface area contributed by atoms with E-state index in [1.165, 1.54) is 0 Å². The zero-order valence-corrected chi connectivity index (χ0v) is 22.6. The topological polar surface area (TPSA) is 37.4 Å². The normalized spacial score (nSPS) is 13.5. The second-order valence-corrected chi connectivity index (χ2v) is 11.9. The second kappa shape index (κ2) is 10.0. The van der Waals surface area contributed by atoms with Crippen LogP contribution in [-0.2, 0) is 9.84 Å². The second-order valence-electron chi connectivity index (χ2n) is 9.46. The van der Waals surface area contributed by atoms with Gasteiger partial charge in [0.2, 0.25) is 0 Å². The van der Waals surface area contributed by atoms with E-state index >= 15 is 0 Å². The first kappa shape index (κ1) is 25.1. The Morgan fingerprint density at radius 1 is 0.757 bits per heavy atom. The summed E-state index contributed by atoms with van der Waals surface area (Å²) in [5.74, 6) is -0.157. The first-order valence-corrected chi connectivity index (χ1v) is 14.2. The highest BCUT2D eigenvalue weighted by Crippen LogP contribution is 2.43. The summed E-state index contributed by atoms with van der Waals surface area (Å²) in [6.07, 6.45) is 4.09. The molecular formula is C32H28ClNO2S. The molecule has 3 nitrogen and oxygen atoms in total. The minimum atomic E-state index is -3.63. The van der Waals surface area contributed by atoms with Crippen LogP contribution in [0, 0.1) is 20.8 Å². The van der Waals surface area contributed by atoms with Gasteiger partial charge in [-0.2, -0.15) is 0 Å². The molecular weight excluding hydrogens is 498 g/mol. The van der Waals surface area contributed by atoms with Crippen LogP contribution in [0.2, 0.25) is 5.02 Å². The van der Waals surface area contributed by atoms with Gasteiger partial charge in [-0.25, -0.2) is 8.42 Å². The van der Waals surface area contributed by atoms with Gasteiger partial charge in [-0.1, -0.05) is 77.8 Å². The van der Waals surface area contributed by atoms with Gasteiger partial charge in [-0.15, -0.1) is 0 Å². The lowest BCUT2D eigenvalue weighted by Crippen LogP contribution is -2.25. The molecule has 0 N–H and O–H groups in total. The largest absolute Gasteiger partial charge is 0.312 e. The summed E-state index contributed by atoms with van der Waals surface area (Å²) in [5.41, 5.74) is 8.70. The van der Waals surface area contributed by atoms with Crippen LogP contribution in [-0.4, -0.2) is 14.2 Å². The first-order chi connectivity index (χ1) is 17.7. The van der Waals surface area contributed by atoms with Crippen molar-refractivity contribution in [3.63, 3.8) is 0 Å². The fourth-order valence-electron chi connectivity index (χ4n) is 5.05. The van der Waals surface area contributed by atoms with Crippen LogP contribution in [0.5, 0.6) is 0 Å². The summed E-state index contributed by atoms with van der Waals surface area (Å²) in [7, 11) is -3.63. The first-order valence-electron chi connectivity index (χ1n) is 12.2. The Balaban J connectivity index is 1.79. The van der Waals surface area contributed by atoms with Gasteiger partial charge in [0.05, 0.1) is 22.0 Å². The van der Waals surface area contributed by atoms with Gasteiger partial charge in [0.15, 0.2) is 9.84 Å². The van der Waals surface area contributed by atoms with E-state index in [9.17, 15) is 8.42 Å². The molecule has 0 fully saturated rings. The van der Waals surface area contributed by atoms with E-state index in [1.807, 2.05) is 60.7 Å². The number of nitrogens with zero attached hydrogens (tertiary/aromatic N) is 1. The van der Waals surface area contributed by atoms with Crippen LogP contribution in [0.4, 0.5) is 11.4 Å². The SMILES string of the molecule is Cc1cc(C)c(N2C(CS(=O)(=O)c3ccccc3)=CC(c3ccccc3)=Cc3cc(Cl)ccc32)c(C)c1. The molecule has 186 valence electrons. The zero-order chi connectivity index (χ0) is 26.2. The van der Waals surface area contributed by atoms with Crippen LogP contribution in [0.15, 0.2) is 108 Å². The fourth-order valence-corrected chi connectivity index (χ4v) is 6.57. The summed E-state index contributed by atoms with van der Waals surface area (Å²) < 4.78 is 27.4. The summed E-state index contributed by atoms with van der Waals surface area (Å²) >= 11 is 6.46. The predicted octanol–water partition coefficient (Wildman–Crippen LogP) is 8.32. The number of aryl methyl sites for hydroxylation is 3. The van der Waals surface area contributed by atoms with Crippen LogP contribution < -0.4 is 4.90 Å². The number of anilines is 2. The highest BCUT2D eigenvalue weighted by Gasteiger charge is 2.28. The van der Waals surface area contributed by atoms with Gasteiger partial charge in [-0.3, -0.25) is 0 Å². The van der Waals surface area contributed by atoms with E-state index in [0.717, 1.165) is 44.8 Å². The molecule has 0 atom stereocenters. The van der Waals surface area contributed by atoms with E-state index in [-0.39, 0.29) is 5.75 Å². The highest BCUT2D eigenvalue weighted by molar-refractivity contribution is 7.91. The van der Waals surface area contributed by atoms with Gasteiger partial charge in [0.1, 0.15) is 0 Å². The van der Waals surface area contributed by atoms with Crippen molar-refractivity contribution in [1.82, 2.24) is 0 Å². The average molecular weight is 526 g/mol. The molecule has 0 radical (unpaired) electrons. The molecule has 4 aromatic carbocycles. The number of fused-ring (bicyclic) bond motifs is 1. The predicted molar refractivity (Wildman–Crippen MR) is 155 cm³/mol. The van der Waals surface area contributed by atoms with Crippen molar-refractivity contribution >= 4 is 44.5 Å². The van der Waals surface area contributed by atoms with Crippen molar-refractivity contribution < 1.29 is 8.42 Å². The molecule has 0 amide bonds.